The van der Waals surface area contributed by atoms with E-state index in [-0.39, 0.29) is 18.0 Å². The van der Waals surface area contributed by atoms with Crippen LogP contribution in [0.5, 0.6) is 0 Å². The van der Waals surface area contributed by atoms with Gasteiger partial charge in [0.05, 0.1) is 11.1 Å². The van der Waals surface area contributed by atoms with Gasteiger partial charge < -0.3 is 10.6 Å². The number of anilines is 1. The van der Waals surface area contributed by atoms with Gasteiger partial charge in [0.15, 0.2) is 0 Å². The molecule has 5 nitrogen and oxygen atoms in total. The summed E-state index contributed by atoms with van der Waals surface area (Å²) < 4.78 is 0. The van der Waals surface area contributed by atoms with Crippen LogP contribution in [0.1, 0.15) is 26.2 Å². The van der Waals surface area contributed by atoms with Gasteiger partial charge in [-0.2, -0.15) is 5.10 Å². The van der Waals surface area contributed by atoms with Crippen molar-refractivity contribution in [3.05, 3.63) is 71.0 Å². The van der Waals surface area contributed by atoms with Crippen molar-refractivity contribution in [1.82, 2.24) is 15.5 Å². The first-order valence-corrected chi connectivity index (χ1v) is 9.82. The van der Waals surface area contributed by atoms with Gasteiger partial charge in [-0.05, 0) is 44.5 Å². The summed E-state index contributed by atoms with van der Waals surface area (Å²) in [5.41, 5.74) is 3.86. The average molecular weight is 413 g/mol. The van der Waals surface area contributed by atoms with Crippen LogP contribution in [0.4, 0.5) is 5.69 Å². The molecule has 29 heavy (non-hydrogen) atoms. The molecular formula is C23H29ClN4O. The topological polar surface area (TPSA) is 69.8 Å². The lowest BCUT2D eigenvalue weighted by molar-refractivity contribution is 0.632. The van der Waals surface area contributed by atoms with Crippen molar-refractivity contribution in [3.63, 3.8) is 0 Å². The molecule has 0 fully saturated rings. The number of benzene rings is 2. The van der Waals surface area contributed by atoms with Crippen molar-refractivity contribution in [2.24, 2.45) is 0 Å². The van der Waals surface area contributed by atoms with Crippen LogP contribution < -0.4 is 16.2 Å². The van der Waals surface area contributed by atoms with Gasteiger partial charge in [0.25, 0.3) is 5.56 Å². The van der Waals surface area contributed by atoms with Gasteiger partial charge in [0, 0.05) is 29.7 Å². The third-order valence-corrected chi connectivity index (χ3v) is 4.62. The summed E-state index contributed by atoms with van der Waals surface area (Å²) in [7, 11) is 0. The van der Waals surface area contributed by atoms with E-state index in [1.54, 1.807) is 0 Å². The van der Waals surface area contributed by atoms with Gasteiger partial charge in [-0.25, -0.2) is 5.10 Å². The molecule has 1 aromatic heterocycles. The summed E-state index contributed by atoms with van der Waals surface area (Å²) in [6.07, 6.45) is 3.48. The number of nitrogens with zero attached hydrogens (tertiary/aromatic N) is 1. The van der Waals surface area contributed by atoms with Crippen LogP contribution in [-0.2, 0) is 0 Å². The number of fused-ring (bicyclic) bond motifs is 1. The van der Waals surface area contributed by atoms with Gasteiger partial charge >= 0.3 is 0 Å². The van der Waals surface area contributed by atoms with Crippen LogP contribution in [0.3, 0.4) is 0 Å². The smallest absolute Gasteiger partial charge is 0.272 e. The quantitative estimate of drug-likeness (QED) is 0.331. The molecule has 0 aliphatic heterocycles. The fraction of sp³-hybridized carbons (Fsp3) is 0.304. The lowest BCUT2D eigenvalue weighted by atomic mass is 10.0. The van der Waals surface area contributed by atoms with Crippen LogP contribution in [0.15, 0.2) is 65.5 Å². The van der Waals surface area contributed by atoms with Crippen molar-refractivity contribution in [2.75, 3.05) is 25.0 Å². The molecule has 1 heterocycles. The predicted molar refractivity (Wildman–Crippen MR) is 125 cm³/mol. The van der Waals surface area contributed by atoms with E-state index >= 15 is 0 Å². The van der Waals surface area contributed by atoms with Crippen LogP contribution in [0.25, 0.3) is 22.0 Å². The Kier molecular flexibility index (Phi) is 8.90. The van der Waals surface area contributed by atoms with Crippen LogP contribution in [0, 0.1) is 0 Å². The first-order chi connectivity index (χ1) is 13.6. The van der Waals surface area contributed by atoms with Gasteiger partial charge in [0.1, 0.15) is 0 Å². The minimum atomic E-state index is -0.161. The number of H-pyrrole nitrogens is 1. The van der Waals surface area contributed by atoms with E-state index in [2.05, 4.69) is 39.5 Å². The van der Waals surface area contributed by atoms with E-state index in [4.69, 9.17) is 0 Å². The number of aromatic nitrogens is 2. The van der Waals surface area contributed by atoms with Crippen molar-refractivity contribution in [2.45, 2.75) is 26.2 Å². The molecule has 0 amide bonds. The van der Waals surface area contributed by atoms with E-state index in [1.807, 2.05) is 43.3 Å². The molecule has 0 aliphatic carbocycles. The molecule has 6 heteroatoms. The average Bonchev–Trinajstić information content (AvgIpc) is 2.70. The van der Waals surface area contributed by atoms with Crippen molar-refractivity contribution < 1.29 is 0 Å². The molecule has 0 unspecified atom stereocenters. The predicted octanol–water partition coefficient (Wildman–Crippen LogP) is 4.76. The molecular weight excluding hydrogens is 384 g/mol. The summed E-state index contributed by atoms with van der Waals surface area (Å²) >= 11 is 0. The Morgan fingerprint density at radius 2 is 1.79 bits per heavy atom. The van der Waals surface area contributed by atoms with Crippen molar-refractivity contribution >= 4 is 28.9 Å². The fourth-order valence-electron chi connectivity index (χ4n) is 3.20. The number of unbranched alkanes of at least 4 members (excludes halogenated alkanes) is 2. The SMILES string of the molecule is C=C(C)CNCCCCCNc1cccc(-c2n[nH]c(=O)c3ccccc23)c1.Cl. The summed E-state index contributed by atoms with van der Waals surface area (Å²) in [4.78, 5) is 12.0. The molecule has 154 valence electrons. The minimum Gasteiger partial charge on any atom is -0.385 e. The molecule has 0 saturated heterocycles. The molecule has 0 spiro atoms. The molecule has 3 aromatic rings. The number of hydrogen-bond donors (Lipinski definition) is 3. The number of halogens is 1. The van der Waals surface area contributed by atoms with E-state index < -0.39 is 0 Å². The maximum Gasteiger partial charge on any atom is 0.272 e. The third-order valence-electron chi connectivity index (χ3n) is 4.62. The Labute approximate surface area is 178 Å². The highest BCUT2D eigenvalue weighted by molar-refractivity contribution is 5.94. The monoisotopic (exact) mass is 412 g/mol. The molecule has 0 bridgehead atoms. The second kappa shape index (κ2) is 11.4. The molecule has 0 atom stereocenters. The zero-order valence-electron chi connectivity index (χ0n) is 16.8. The lowest BCUT2D eigenvalue weighted by Gasteiger charge is -2.10. The summed E-state index contributed by atoms with van der Waals surface area (Å²) in [5.74, 6) is 0. The van der Waals surface area contributed by atoms with E-state index in [1.165, 1.54) is 18.4 Å². The number of rotatable bonds is 10. The zero-order chi connectivity index (χ0) is 19.8. The minimum absolute atomic E-state index is 0. The number of nitrogens with one attached hydrogen (secondary N) is 3. The second-order valence-electron chi connectivity index (χ2n) is 7.15. The van der Waals surface area contributed by atoms with Crippen LogP contribution in [0.2, 0.25) is 0 Å². The van der Waals surface area contributed by atoms with E-state index in [0.29, 0.717) is 5.39 Å². The molecule has 0 radical (unpaired) electrons. The lowest BCUT2D eigenvalue weighted by Crippen LogP contribution is -2.17. The van der Waals surface area contributed by atoms with E-state index in [9.17, 15) is 4.79 Å². The maximum absolute atomic E-state index is 12.0. The Morgan fingerprint density at radius 1 is 1.03 bits per heavy atom. The summed E-state index contributed by atoms with van der Waals surface area (Å²) in [6.45, 7) is 8.80. The van der Waals surface area contributed by atoms with Crippen LogP contribution in [-0.4, -0.2) is 29.8 Å². The Balaban J connectivity index is 0.00000300. The number of aromatic amines is 1. The molecule has 3 N–H and O–H groups in total. The first kappa shape index (κ1) is 22.7. The Hall–Kier alpha value is -2.63. The first-order valence-electron chi connectivity index (χ1n) is 9.82. The summed E-state index contributed by atoms with van der Waals surface area (Å²) in [6, 6.07) is 15.7. The van der Waals surface area contributed by atoms with Gasteiger partial charge in [-0.15, -0.1) is 12.4 Å². The maximum atomic E-state index is 12.0. The van der Waals surface area contributed by atoms with Crippen molar-refractivity contribution in [1.29, 1.82) is 0 Å². The third kappa shape index (κ3) is 6.44. The number of hydrogen-bond acceptors (Lipinski definition) is 4. The van der Waals surface area contributed by atoms with E-state index in [0.717, 1.165) is 48.4 Å². The van der Waals surface area contributed by atoms with Gasteiger partial charge in [-0.1, -0.05) is 48.9 Å². The Morgan fingerprint density at radius 3 is 2.59 bits per heavy atom. The molecule has 2 aromatic carbocycles. The normalized spacial score (nSPS) is 10.5. The standard InChI is InChI=1S/C23H28N4O.ClH/c1-17(2)16-24-13-6-3-7-14-25-19-10-8-9-18(15-19)22-20-11-4-5-12-21(20)23(28)27-26-22;/h4-5,8-12,15,24-25H,1,3,6-7,13-14,16H2,2H3,(H,27,28);1H. The van der Waals surface area contributed by atoms with Gasteiger partial charge in [-0.3, -0.25) is 4.79 Å². The second-order valence-corrected chi connectivity index (χ2v) is 7.15. The molecule has 3 rings (SSSR count). The highest BCUT2D eigenvalue weighted by atomic mass is 35.5. The fourth-order valence-corrected chi connectivity index (χ4v) is 3.20. The highest BCUT2D eigenvalue weighted by Crippen LogP contribution is 2.26. The Bertz CT molecular complexity index is 999. The molecule has 0 aliphatic rings. The van der Waals surface area contributed by atoms with Crippen LogP contribution >= 0.6 is 12.4 Å². The van der Waals surface area contributed by atoms with Crippen molar-refractivity contribution in [3.8, 4) is 11.3 Å². The highest BCUT2D eigenvalue weighted by Gasteiger charge is 2.08. The zero-order valence-corrected chi connectivity index (χ0v) is 17.6. The van der Waals surface area contributed by atoms with Gasteiger partial charge in [0.2, 0.25) is 0 Å². The summed E-state index contributed by atoms with van der Waals surface area (Å²) in [5, 5.41) is 15.3. The molecule has 0 saturated carbocycles. The largest absolute Gasteiger partial charge is 0.385 e.